The molecular weight excluding hydrogens is 322 g/mol. The van der Waals surface area contributed by atoms with E-state index in [0.29, 0.717) is 10.8 Å². The van der Waals surface area contributed by atoms with E-state index < -0.39 is 0 Å². The first-order chi connectivity index (χ1) is 11.6. The highest BCUT2D eigenvalue weighted by molar-refractivity contribution is 6.30. The van der Waals surface area contributed by atoms with Crippen LogP contribution in [-0.4, -0.2) is 12.5 Å². The normalized spacial score (nSPS) is 14.6. The summed E-state index contributed by atoms with van der Waals surface area (Å²) in [5, 5.41) is 3.58. The second kappa shape index (κ2) is 7.71. The first-order valence-electron chi connectivity index (χ1n) is 8.41. The number of fused-ring (bicyclic) bond motifs is 1. The smallest absolute Gasteiger partial charge is 0.258 e. The average molecular weight is 344 g/mol. The molecule has 1 N–H and O–H groups in total. The van der Waals surface area contributed by atoms with Crippen LogP contribution in [0.25, 0.3) is 0 Å². The molecule has 3 nitrogen and oxygen atoms in total. The zero-order valence-electron chi connectivity index (χ0n) is 13.8. The molecule has 0 radical (unpaired) electrons. The molecule has 0 aliphatic heterocycles. The Labute approximate surface area is 148 Å². The van der Waals surface area contributed by atoms with Gasteiger partial charge in [0.15, 0.2) is 6.61 Å². The fourth-order valence-corrected chi connectivity index (χ4v) is 3.28. The molecule has 4 heteroatoms. The molecule has 1 aliphatic rings. The van der Waals surface area contributed by atoms with Crippen molar-refractivity contribution >= 4 is 17.5 Å². The molecule has 1 aliphatic carbocycles. The fourth-order valence-electron chi connectivity index (χ4n) is 3.09. The molecule has 0 spiro atoms. The Morgan fingerprint density at radius 2 is 1.96 bits per heavy atom. The van der Waals surface area contributed by atoms with E-state index in [1.165, 1.54) is 30.4 Å². The molecule has 1 amide bonds. The van der Waals surface area contributed by atoms with Gasteiger partial charge < -0.3 is 10.1 Å². The third-order valence-electron chi connectivity index (χ3n) is 4.42. The highest BCUT2D eigenvalue weighted by Crippen LogP contribution is 2.24. The maximum Gasteiger partial charge on any atom is 0.258 e. The third kappa shape index (κ3) is 4.30. The number of aryl methyl sites for hydroxylation is 2. The van der Waals surface area contributed by atoms with Gasteiger partial charge >= 0.3 is 0 Å². The predicted molar refractivity (Wildman–Crippen MR) is 96.6 cm³/mol. The van der Waals surface area contributed by atoms with Crippen LogP contribution in [0.1, 0.15) is 42.5 Å². The standard InChI is InChI=1S/C20H22ClNO2/c1-14(16-10-9-15-5-2-3-6-17(15)11-16)22-20(23)13-24-19-8-4-7-18(21)12-19/h4,7-12,14H,2-3,5-6,13H2,1H3,(H,22,23)/t14-/m1/s1. The van der Waals surface area contributed by atoms with E-state index in [0.717, 1.165) is 12.0 Å². The van der Waals surface area contributed by atoms with Crippen molar-refractivity contribution in [1.82, 2.24) is 5.32 Å². The van der Waals surface area contributed by atoms with Crippen molar-refractivity contribution < 1.29 is 9.53 Å². The summed E-state index contributed by atoms with van der Waals surface area (Å²) in [4.78, 5) is 12.1. The number of amides is 1. The zero-order valence-corrected chi connectivity index (χ0v) is 14.6. The minimum Gasteiger partial charge on any atom is -0.484 e. The van der Waals surface area contributed by atoms with Crippen LogP contribution in [0, 0.1) is 0 Å². The summed E-state index contributed by atoms with van der Waals surface area (Å²) < 4.78 is 5.48. The van der Waals surface area contributed by atoms with Crippen molar-refractivity contribution in [2.75, 3.05) is 6.61 Å². The van der Waals surface area contributed by atoms with Gasteiger partial charge in [0.1, 0.15) is 5.75 Å². The lowest BCUT2D eigenvalue weighted by atomic mass is 9.89. The van der Waals surface area contributed by atoms with E-state index >= 15 is 0 Å². The lowest BCUT2D eigenvalue weighted by Gasteiger charge is -2.20. The highest BCUT2D eigenvalue weighted by atomic mass is 35.5. The van der Waals surface area contributed by atoms with Crippen LogP contribution in [-0.2, 0) is 17.6 Å². The van der Waals surface area contributed by atoms with Crippen LogP contribution in [0.4, 0.5) is 0 Å². The average Bonchev–Trinajstić information content (AvgIpc) is 2.59. The number of ether oxygens (including phenoxy) is 1. The highest BCUT2D eigenvalue weighted by Gasteiger charge is 2.14. The van der Waals surface area contributed by atoms with Gasteiger partial charge in [-0.15, -0.1) is 0 Å². The quantitative estimate of drug-likeness (QED) is 0.869. The summed E-state index contributed by atoms with van der Waals surface area (Å²) in [5.74, 6) is 0.458. The molecule has 0 saturated heterocycles. The van der Waals surface area contributed by atoms with Gasteiger partial charge in [-0.3, -0.25) is 4.79 Å². The maximum atomic E-state index is 12.1. The lowest BCUT2D eigenvalue weighted by molar-refractivity contribution is -0.123. The first kappa shape index (κ1) is 16.8. The van der Waals surface area contributed by atoms with Crippen molar-refractivity contribution in [2.45, 2.75) is 38.6 Å². The van der Waals surface area contributed by atoms with E-state index in [1.807, 2.05) is 6.92 Å². The summed E-state index contributed by atoms with van der Waals surface area (Å²) >= 11 is 5.90. The van der Waals surface area contributed by atoms with Gasteiger partial charge in [0, 0.05) is 5.02 Å². The minimum absolute atomic E-state index is 0.0182. The van der Waals surface area contributed by atoms with Crippen LogP contribution in [0.2, 0.25) is 5.02 Å². The fraction of sp³-hybridized carbons (Fsp3) is 0.350. The second-order valence-corrected chi connectivity index (χ2v) is 6.71. The molecule has 126 valence electrons. The predicted octanol–water partition coefficient (Wildman–Crippen LogP) is 4.48. The summed E-state index contributed by atoms with van der Waals surface area (Å²) in [5.41, 5.74) is 4.02. The van der Waals surface area contributed by atoms with Crippen LogP contribution >= 0.6 is 11.6 Å². The largest absolute Gasteiger partial charge is 0.484 e. The summed E-state index contributed by atoms with van der Waals surface area (Å²) in [6, 6.07) is 13.6. The monoisotopic (exact) mass is 343 g/mol. The van der Waals surface area contributed by atoms with Crippen molar-refractivity contribution in [2.24, 2.45) is 0 Å². The van der Waals surface area contributed by atoms with Gasteiger partial charge in [0.05, 0.1) is 6.04 Å². The molecule has 1 atom stereocenters. The molecule has 0 fully saturated rings. The van der Waals surface area contributed by atoms with Crippen LogP contribution in [0.15, 0.2) is 42.5 Å². The molecule has 0 saturated carbocycles. The number of benzene rings is 2. The van der Waals surface area contributed by atoms with Crippen molar-refractivity contribution in [3.05, 3.63) is 64.2 Å². The molecule has 0 heterocycles. The van der Waals surface area contributed by atoms with Crippen molar-refractivity contribution in [1.29, 1.82) is 0 Å². The Morgan fingerprint density at radius 1 is 1.17 bits per heavy atom. The lowest BCUT2D eigenvalue weighted by Crippen LogP contribution is -2.31. The maximum absolute atomic E-state index is 12.1. The molecule has 2 aromatic rings. The SMILES string of the molecule is C[C@@H](NC(=O)COc1cccc(Cl)c1)c1ccc2c(c1)CCCC2. The summed E-state index contributed by atoms with van der Waals surface area (Å²) in [7, 11) is 0. The van der Waals surface area contributed by atoms with Gasteiger partial charge in [0.25, 0.3) is 5.91 Å². The molecule has 0 bridgehead atoms. The van der Waals surface area contributed by atoms with Crippen molar-refractivity contribution in [3.8, 4) is 5.75 Å². The van der Waals surface area contributed by atoms with E-state index in [2.05, 4.69) is 23.5 Å². The molecular formula is C20H22ClNO2. The number of hydrogen-bond acceptors (Lipinski definition) is 2. The zero-order chi connectivity index (χ0) is 16.9. The van der Waals surface area contributed by atoms with Crippen LogP contribution in [0.5, 0.6) is 5.75 Å². The molecule has 3 rings (SSSR count). The molecule has 24 heavy (non-hydrogen) atoms. The topological polar surface area (TPSA) is 38.3 Å². The van der Waals surface area contributed by atoms with E-state index in [9.17, 15) is 4.79 Å². The van der Waals surface area contributed by atoms with Gasteiger partial charge in [-0.2, -0.15) is 0 Å². The number of rotatable bonds is 5. The summed E-state index contributed by atoms with van der Waals surface area (Å²) in [6.07, 6.45) is 4.84. The van der Waals surface area contributed by atoms with E-state index in [4.69, 9.17) is 16.3 Å². The Bertz CT molecular complexity index is 729. The Balaban J connectivity index is 1.56. The second-order valence-electron chi connectivity index (χ2n) is 6.27. The van der Waals surface area contributed by atoms with Gasteiger partial charge in [-0.05, 0) is 67.5 Å². The molecule has 2 aromatic carbocycles. The van der Waals surface area contributed by atoms with Crippen LogP contribution < -0.4 is 10.1 Å². The van der Waals surface area contributed by atoms with Gasteiger partial charge in [-0.1, -0.05) is 35.9 Å². The third-order valence-corrected chi connectivity index (χ3v) is 4.65. The minimum atomic E-state index is -0.139. The number of hydrogen-bond donors (Lipinski definition) is 1. The number of carbonyl (C=O) groups is 1. The Kier molecular flexibility index (Phi) is 5.41. The van der Waals surface area contributed by atoms with Crippen LogP contribution in [0.3, 0.4) is 0 Å². The number of nitrogens with one attached hydrogen (secondary N) is 1. The molecule has 0 unspecified atom stereocenters. The van der Waals surface area contributed by atoms with E-state index in [-0.39, 0.29) is 18.6 Å². The Morgan fingerprint density at radius 3 is 2.75 bits per heavy atom. The Hall–Kier alpha value is -2.00. The van der Waals surface area contributed by atoms with Gasteiger partial charge in [-0.25, -0.2) is 0 Å². The summed E-state index contributed by atoms with van der Waals surface area (Å²) in [6.45, 7) is 1.98. The van der Waals surface area contributed by atoms with E-state index in [1.54, 1.807) is 24.3 Å². The number of halogens is 1. The van der Waals surface area contributed by atoms with Crippen molar-refractivity contribution in [3.63, 3.8) is 0 Å². The number of carbonyl (C=O) groups excluding carboxylic acids is 1. The van der Waals surface area contributed by atoms with Gasteiger partial charge in [0.2, 0.25) is 0 Å². The molecule has 0 aromatic heterocycles. The first-order valence-corrected chi connectivity index (χ1v) is 8.79.